The number of likely N-dealkylation sites (tertiary alicyclic amines) is 1. The molecule has 0 radical (unpaired) electrons. The lowest BCUT2D eigenvalue weighted by Gasteiger charge is -2.24. The zero-order valence-corrected chi connectivity index (χ0v) is 15.8. The van der Waals surface area contributed by atoms with Crippen molar-refractivity contribution in [2.75, 3.05) is 26.2 Å². The predicted octanol–water partition coefficient (Wildman–Crippen LogP) is 2.57. The van der Waals surface area contributed by atoms with Crippen LogP contribution in [0.4, 0.5) is 4.39 Å². The van der Waals surface area contributed by atoms with Crippen LogP contribution < -0.4 is 10.6 Å². The summed E-state index contributed by atoms with van der Waals surface area (Å²) in [4.78, 5) is 27.2. The number of benzene rings is 1. The number of nitrogens with zero attached hydrogens (tertiary/aromatic N) is 1. The van der Waals surface area contributed by atoms with Crippen molar-refractivity contribution >= 4 is 11.8 Å². The van der Waals surface area contributed by atoms with Crippen molar-refractivity contribution in [1.29, 1.82) is 0 Å². The summed E-state index contributed by atoms with van der Waals surface area (Å²) in [5, 5.41) is 5.58. The molecular formula is C20H30FN3O2. The van der Waals surface area contributed by atoms with Gasteiger partial charge in [0.25, 0.3) is 5.91 Å². The highest BCUT2D eigenvalue weighted by Gasteiger charge is 2.25. The molecule has 144 valence electrons. The predicted molar refractivity (Wildman–Crippen MR) is 100 cm³/mol. The van der Waals surface area contributed by atoms with Crippen LogP contribution in [0.2, 0.25) is 0 Å². The van der Waals surface area contributed by atoms with Gasteiger partial charge in [0, 0.05) is 13.1 Å². The van der Waals surface area contributed by atoms with Crippen LogP contribution in [0.3, 0.4) is 0 Å². The standard InChI is InChI=1S/C20H30FN3O2/c1-15(2)18(23-19(25)16-9-5-6-10-17(16)21)20(26)22-11-14-24-12-7-3-4-8-13-24/h5-6,9-10,15,18H,3-4,7-8,11-14H2,1-2H3,(H,22,26)(H,23,25). The van der Waals surface area contributed by atoms with Crippen LogP contribution in [0.1, 0.15) is 49.9 Å². The molecular weight excluding hydrogens is 333 g/mol. The SMILES string of the molecule is CC(C)C(NC(=O)c1ccccc1F)C(=O)NCCN1CCCCCC1. The largest absolute Gasteiger partial charge is 0.353 e. The molecule has 26 heavy (non-hydrogen) atoms. The first-order valence-electron chi connectivity index (χ1n) is 9.54. The molecule has 0 spiro atoms. The Balaban J connectivity index is 1.86. The van der Waals surface area contributed by atoms with Crippen molar-refractivity contribution in [3.63, 3.8) is 0 Å². The minimum Gasteiger partial charge on any atom is -0.353 e. The minimum absolute atomic E-state index is 0.0458. The summed E-state index contributed by atoms with van der Waals surface area (Å²) in [7, 11) is 0. The van der Waals surface area contributed by atoms with Gasteiger partial charge in [-0.25, -0.2) is 4.39 Å². The highest BCUT2D eigenvalue weighted by atomic mass is 19.1. The maximum atomic E-state index is 13.8. The van der Waals surface area contributed by atoms with Crippen LogP contribution in [-0.2, 0) is 4.79 Å². The maximum absolute atomic E-state index is 13.8. The maximum Gasteiger partial charge on any atom is 0.254 e. The molecule has 1 unspecified atom stereocenters. The topological polar surface area (TPSA) is 61.4 Å². The molecule has 0 saturated carbocycles. The Morgan fingerprint density at radius 2 is 1.77 bits per heavy atom. The Morgan fingerprint density at radius 3 is 2.38 bits per heavy atom. The average molecular weight is 363 g/mol. The van der Waals surface area contributed by atoms with E-state index in [2.05, 4.69) is 15.5 Å². The number of amides is 2. The third-order valence-corrected chi connectivity index (χ3v) is 4.78. The Kier molecular flexibility index (Phi) is 8.04. The number of nitrogens with one attached hydrogen (secondary N) is 2. The summed E-state index contributed by atoms with van der Waals surface area (Å²) >= 11 is 0. The van der Waals surface area contributed by atoms with Crippen LogP contribution >= 0.6 is 0 Å². The summed E-state index contributed by atoms with van der Waals surface area (Å²) in [6.07, 6.45) is 4.98. The van der Waals surface area contributed by atoms with Gasteiger partial charge < -0.3 is 15.5 Å². The fourth-order valence-electron chi connectivity index (χ4n) is 3.21. The number of halogens is 1. The highest BCUT2D eigenvalue weighted by molar-refractivity contribution is 5.97. The van der Waals surface area contributed by atoms with Crippen LogP contribution in [0.25, 0.3) is 0 Å². The number of carbonyl (C=O) groups is 2. The van der Waals surface area contributed by atoms with Crippen LogP contribution in [0, 0.1) is 11.7 Å². The molecule has 2 amide bonds. The number of hydrogen-bond acceptors (Lipinski definition) is 3. The van der Waals surface area contributed by atoms with Gasteiger partial charge in [-0.3, -0.25) is 9.59 Å². The van der Waals surface area contributed by atoms with E-state index >= 15 is 0 Å². The molecule has 0 aromatic heterocycles. The van der Waals surface area contributed by atoms with Gasteiger partial charge >= 0.3 is 0 Å². The van der Waals surface area contributed by atoms with Crippen LogP contribution in [0.15, 0.2) is 24.3 Å². The van der Waals surface area contributed by atoms with Gasteiger partial charge in [0.1, 0.15) is 11.9 Å². The summed E-state index contributed by atoms with van der Waals surface area (Å²) in [5.74, 6) is -1.47. The number of hydrogen-bond donors (Lipinski definition) is 2. The summed E-state index contributed by atoms with van der Waals surface area (Å²) in [6.45, 7) is 7.25. The van der Waals surface area contributed by atoms with E-state index in [-0.39, 0.29) is 17.4 Å². The Bertz CT molecular complexity index is 598. The molecule has 1 atom stereocenters. The smallest absolute Gasteiger partial charge is 0.254 e. The normalized spacial score (nSPS) is 16.8. The van der Waals surface area contributed by atoms with Crippen LogP contribution in [-0.4, -0.2) is 48.9 Å². The van der Waals surface area contributed by atoms with E-state index in [4.69, 9.17) is 0 Å². The van der Waals surface area contributed by atoms with Gasteiger partial charge in [0.15, 0.2) is 0 Å². The van der Waals surface area contributed by atoms with Gasteiger partial charge in [-0.05, 0) is 44.0 Å². The van der Waals surface area contributed by atoms with Gasteiger partial charge in [0.2, 0.25) is 5.91 Å². The minimum atomic E-state index is -0.689. The molecule has 6 heteroatoms. The molecule has 2 rings (SSSR count). The Morgan fingerprint density at radius 1 is 1.12 bits per heavy atom. The molecule has 1 aliphatic heterocycles. The van der Waals surface area contributed by atoms with Gasteiger partial charge in [-0.15, -0.1) is 0 Å². The molecule has 2 N–H and O–H groups in total. The van der Waals surface area contributed by atoms with Crippen molar-refractivity contribution in [3.05, 3.63) is 35.6 Å². The van der Waals surface area contributed by atoms with Crippen molar-refractivity contribution in [2.24, 2.45) is 5.92 Å². The summed E-state index contributed by atoms with van der Waals surface area (Å²) < 4.78 is 13.8. The van der Waals surface area contributed by atoms with E-state index in [0.29, 0.717) is 6.54 Å². The first-order valence-corrected chi connectivity index (χ1v) is 9.54. The van der Waals surface area contributed by atoms with Crippen LogP contribution in [0.5, 0.6) is 0 Å². The molecule has 1 fully saturated rings. The molecule has 5 nitrogen and oxygen atoms in total. The average Bonchev–Trinajstić information content (AvgIpc) is 2.88. The lowest BCUT2D eigenvalue weighted by molar-refractivity contribution is -0.124. The second-order valence-electron chi connectivity index (χ2n) is 7.22. The molecule has 1 saturated heterocycles. The highest BCUT2D eigenvalue weighted by Crippen LogP contribution is 2.10. The number of carbonyl (C=O) groups excluding carboxylic acids is 2. The van der Waals surface area contributed by atoms with E-state index in [0.717, 1.165) is 19.6 Å². The van der Waals surface area contributed by atoms with Crippen molar-refractivity contribution in [1.82, 2.24) is 15.5 Å². The van der Waals surface area contributed by atoms with E-state index in [9.17, 15) is 14.0 Å². The van der Waals surface area contributed by atoms with Crippen molar-refractivity contribution in [2.45, 2.75) is 45.6 Å². The Labute approximate surface area is 155 Å². The summed E-state index contributed by atoms with van der Waals surface area (Å²) in [6, 6.07) is 5.09. The lowest BCUT2D eigenvalue weighted by atomic mass is 10.0. The quantitative estimate of drug-likeness (QED) is 0.783. The molecule has 0 aliphatic carbocycles. The zero-order valence-electron chi connectivity index (χ0n) is 15.8. The van der Waals surface area contributed by atoms with Gasteiger partial charge in [-0.2, -0.15) is 0 Å². The summed E-state index contributed by atoms with van der Waals surface area (Å²) in [5.41, 5.74) is -0.0458. The van der Waals surface area contributed by atoms with E-state index < -0.39 is 17.8 Å². The van der Waals surface area contributed by atoms with Crippen molar-refractivity contribution in [3.8, 4) is 0 Å². The second-order valence-corrected chi connectivity index (χ2v) is 7.22. The monoisotopic (exact) mass is 363 g/mol. The molecule has 1 aliphatic rings. The Hall–Kier alpha value is -1.95. The third-order valence-electron chi connectivity index (χ3n) is 4.78. The first kappa shape index (κ1) is 20.4. The number of rotatable bonds is 7. The molecule has 1 aromatic carbocycles. The molecule has 1 aromatic rings. The third kappa shape index (κ3) is 6.09. The molecule has 0 bridgehead atoms. The fourth-order valence-corrected chi connectivity index (χ4v) is 3.21. The van der Waals surface area contributed by atoms with E-state index in [1.165, 1.54) is 43.9 Å². The van der Waals surface area contributed by atoms with E-state index in [1.54, 1.807) is 6.07 Å². The first-order chi connectivity index (χ1) is 12.5. The fraction of sp³-hybridized carbons (Fsp3) is 0.600. The van der Waals surface area contributed by atoms with E-state index in [1.807, 2.05) is 13.8 Å². The molecule has 1 heterocycles. The zero-order chi connectivity index (χ0) is 18.9. The van der Waals surface area contributed by atoms with Crippen molar-refractivity contribution < 1.29 is 14.0 Å². The lowest BCUT2D eigenvalue weighted by Crippen LogP contribution is -2.51. The second kappa shape index (κ2) is 10.3. The van der Waals surface area contributed by atoms with Gasteiger partial charge in [-0.1, -0.05) is 38.8 Å². The van der Waals surface area contributed by atoms with Gasteiger partial charge in [0.05, 0.1) is 5.56 Å².